The molecule has 0 unspecified atom stereocenters. The molecule has 10 heterocycles. The number of H-pyrrole nitrogens is 2. The molecule has 0 bridgehead atoms. The van der Waals surface area contributed by atoms with Gasteiger partial charge in [-0.05, 0) is 108 Å². The number of carbonyl (C=O) groups excluding carboxylic acids is 2. The highest BCUT2D eigenvalue weighted by molar-refractivity contribution is 7.13. The predicted octanol–water partition coefficient (Wildman–Crippen LogP) is 9.86. The summed E-state index contributed by atoms with van der Waals surface area (Å²) in [5.41, 5.74) is 6.10. The average molecular weight is 889 g/mol. The lowest BCUT2D eigenvalue weighted by Crippen LogP contribution is -2.20. The summed E-state index contributed by atoms with van der Waals surface area (Å²) in [4.78, 5) is 50.3. The third kappa shape index (κ3) is 8.20. The number of carbonyl (C=O) groups is 2. The number of rotatable bonds is 8. The van der Waals surface area contributed by atoms with E-state index in [1.807, 2.05) is 73.1 Å². The van der Waals surface area contributed by atoms with Gasteiger partial charge in [0.25, 0.3) is 0 Å². The first kappa shape index (κ1) is 39.5. The maximum absolute atomic E-state index is 11.7. The highest BCUT2D eigenvalue weighted by Gasteiger charge is 2.28. The van der Waals surface area contributed by atoms with Crippen LogP contribution in [-0.2, 0) is 35.3 Å². The molecule has 4 N–H and O–H groups in total. The Balaban J connectivity index is 0.000000143. The van der Waals surface area contributed by atoms with Crippen LogP contribution in [-0.4, -0.2) is 54.9 Å². The first-order valence-corrected chi connectivity index (χ1v) is 22.8. The number of aromatic nitrogens is 6. The van der Waals surface area contributed by atoms with Crippen molar-refractivity contribution >= 4 is 46.1 Å². The van der Waals surface area contributed by atoms with Crippen molar-refractivity contribution < 1.29 is 28.5 Å². The number of hydrogen-bond acceptors (Lipinski definition) is 12. The Labute approximate surface area is 375 Å². The SMILES string of the molecule is O=C1CCc2c(Oc3ccc4c(c3)C[C@@H](c3ncc(-c5cccs5)[nH]3)CO4)ccnc2N1.O=C1CCc2c(Oc3ccc4c(c3)C[C@H](c3ncc(-c5cccs5)[nH]3)CO4)ccnc2N1. The summed E-state index contributed by atoms with van der Waals surface area (Å²) >= 11 is 3.38. The van der Waals surface area contributed by atoms with E-state index >= 15 is 0 Å². The van der Waals surface area contributed by atoms with Crippen molar-refractivity contribution in [3.63, 3.8) is 0 Å². The van der Waals surface area contributed by atoms with Crippen LogP contribution >= 0.6 is 22.7 Å². The van der Waals surface area contributed by atoms with Gasteiger partial charge < -0.3 is 39.5 Å². The molecule has 0 aliphatic carbocycles. The Kier molecular flexibility index (Phi) is 10.6. The summed E-state index contributed by atoms with van der Waals surface area (Å²) < 4.78 is 24.5. The molecule has 0 saturated heterocycles. The molecule has 0 radical (unpaired) electrons. The van der Waals surface area contributed by atoms with Crippen molar-refractivity contribution in [2.45, 2.75) is 50.4 Å². The molecule has 6 aromatic heterocycles. The summed E-state index contributed by atoms with van der Waals surface area (Å²) in [6.07, 6.45) is 10.8. The smallest absolute Gasteiger partial charge is 0.225 e. The Bertz CT molecular complexity index is 2800. The van der Waals surface area contributed by atoms with Gasteiger partial charge in [0.1, 0.15) is 57.8 Å². The summed E-state index contributed by atoms with van der Waals surface area (Å²) in [6.45, 7) is 1.17. The minimum atomic E-state index is -0.0146. The fourth-order valence-corrected chi connectivity index (χ4v) is 9.76. The lowest BCUT2D eigenvalue weighted by atomic mass is 9.96. The lowest BCUT2D eigenvalue weighted by Gasteiger charge is -2.25. The van der Waals surface area contributed by atoms with E-state index in [9.17, 15) is 9.59 Å². The molecule has 64 heavy (non-hydrogen) atoms. The third-order valence-electron chi connectivity index (χ3n) is 11.6. The number of amides is 2. The van der Waals surface area contributed by atoms with Gasteiger partial charge in [0.05, 0.1) is 58.6 Å². The van der Waals surface area contributed by atoms with E-state index in [2.05, 4.69) is 63.4 Å². The van der Waals surface area contributed by atoms with Gasteiger partial charge >= 0.3 is 0 Å². The van der Waals surface area contributed by atoms with Crippen LogP contribution in [0.25, 0.3) is 21.1 Å². The van der Waals surface area contributed by atoms with Crippen LogP contribution in [0.5, 0.6) is 34.5 Å². The van der Waals surface area contributed by atoms with E-state index in [1.54, 1.807) is 35.1 Å². The number of anilines is 2. The van der Waals surface area contributed by atoms with Gasteiger partial charge in [-0.2, -0.15) is 0 Å². The van der Waals surface area contributed by atoms with Crippen molar-refractivity contribution in [3.8, 4) is 55.6 Å². The van der Waals surface area contributed by atoms with Crippen LogP contribution in [0, 0.1) is 0 Å². The fourth-order valence-electron chi connectivity index (χ4n) is 8.38. The summed E-state index contributed by atoms with van der Waals surface area (Å²) in [6, 6.07) is 23.7. The van der Waals surface area contributed by atoms with E-state index in [-0.39, 0.29) is 23.7 Å². The molecule has 0 spiro atoms. The number of imidazole rings is 2. The van der Waals surface area contributed by atoms with Crippen LogP contribution in [0.1, 0.15) is 58.6 Å². The molecule has 0 saturated carbocycles. The molecular formula is C48H40N8O6S2. The molecule has 4 aliphatic heterocycles. The van der Waals surface area contributed by atoms with E-state index in [1.165, 1.54) is 9.75 Å². The minimum absolute atomic E-state index is 0.0146. The standard InChI is InChI=1S/2C24H20N4O3S/c2*29-22-6-4-17-20(7-8-25-24(17)28-22)31-16-3-5-19-14(11-16)10-15(13-30-19)23-26-12-18(27-23)21-2-1-9-32-21/h2*1-3,5,7-9,11-12,15H,4,6,10,13H2,(H,26,27)(H,25,28,29)/t2*15-/m10/s1. The molecule has 16 heteroatoms. The van der Waals surface area contributed by atoms with Crippen LogP contribution in [0.4, 0.5) is 11.6 Å². The van der Waals surface area contributed by atoms with Crippen molar-refractivity contribution in [2.24, 2.45) is 0 Å². The van der Waals surface area contributed by atoms with Crippen molar-refractivity contribution in [1.29, 1.82) is 0 Å². The second-order valence-electron chi connectivity index (χ2n) is 15.9. The topological polar surface area (TPSA) is 178 Å². The Morgan fingerprint density at radius 2 is 1.06 bits per heavy atom. The molecule has 8 aromatic rings. The van der Waals surface area contributed by atoms with Crippen LogP contribution in [0.3, 0.4) is 0 Å². The van der Waals surface area contributed by atoms with Gasteiger partial charge in [0.2, 0.25) is 11.8 Å². The Morgan fingerprint density at radius 1 is 0.578 bits per heavy atom. The maximum atomic E-state index is 11.7. The van der Waals surface area contributed by atoms with E-state index in [4.69, 9.17) is 18.9 Å². The fraction of sp³-hybridized carbons (Fsp3) is 0.208. The third-order valence-corrected chi connectivity index (χ3v) is 13.4. The van der Waals surface area contributed by atoms with E-state index in [0.29, 0.717) is 50.5 Å². The number of thiophene rings is 2. The molecule has 12 rings (SSSR count). The van der Waals surface area contributed by atoms with Gasteiger partial charge in [-0.25, -0.2) is 19.9 Å². The molecule has 320 valence electrons. The van der Waals surface area contributed by atoms with Crippen molar-refractivity contribution in [3.05, 3.63) is 142 Å². The number of ether oxygens (including phenoxy) is 4. The number of fused-ring (bicyclic) bond motifs is 4. The van der Waals surface area contributed by atoms with Gasteiger partial charge in [0, 0.05) is 36.4 Å². The highest BCUT2D eigenvalue weighted by Crippen LogP contribution is 2.40. The van der Waals surface area contributed by atoms with Crippen molar-refractivity contribution in [2.75, 3.05) is 23.8 Å². The quantitative estimate of drug-likeness (QED) is 0.115. The van der Waals surface area contributed by atoms with E-state index < -0.39 is 0 Å². The van der Waals surface area contributed by atoms with Gasteiger partial charge in [-0.15, -0.1) is 22.7 Å². The number of aromatic amines is 2. The first-order chi connectivity index (χ1) is 31.5. The molecule has 14 nitrogen and oxygen atoms in total. The van der Waals surface area contributed by atoms with Crippen LogP contribution in [0.15, 0.2) is 108 Å². The largest absolute Gasteiger partial charge is 0.493 e. The Morgan fingerprint density at radius 3 is 1.52 bits per heavy atom. The molecule has 4 aliphatic rings. The summed E-state index contributed by atoms with van der Waals surface area (Å²) in [5.74, 6) is 7.96. The molecule has 0 fully saturated rings. The second-order valence-corrected chi connectivity index (χ2v) is 17.8. The zero-order valence-electron chi connectivity index (χ0n) is 34.3. The number of nitrogens with one attached hydrogen (secondary N) is 4. The molecule has 2 amide bonds. The molecule has 2 atom stereocenters. The maximum Gasteiger partial charge on any atom is 0.225 e. The summed E-state index contributed by atoms with van der Waals surface area (Å²) in [5, 5.41) is 9.75. The molecule has 2 aromatic carbocycles. The monoisotopic (exact) mass is 888 g/mol. The van der Waals surface area contributed by atoms with Gasteiger partial charge in [0.15, 0.2) is 0 Å². The highest BCUT2D eigenvalue weighted by atomic mass is 32.1. The number of nitrogens with zero attached hydrogens (tertiary/aromatic N) is 4. The van der Waals surface area contributed by atoms with Gasteiger partial charge in [-0.3, -0.25) is 9.59 Å². The lowest BCUT2D eigenvalue weighted by molar-refractivity contribution is -0.117. The number of benzene rings is 2. The zero-order chi connectivity index (χ0) is 43.0. The summed E-state index contributed by atoms with van der Waals surface area (Å²) in [7, 11) is 0. The minimum Gasteiger partial charge on any atom is -0.493 e. The predicted molar refractivity (Wildman–Crippen MR) is 243 cm³/mol. The second kappa shape index (κ2) is 17.1. The average Bonchev–Trinajstić information content (AvgIpc) is 4.18. The first-order valence-electron chi connectivity index (χ1n) is 21.1. The number of hydrogen-bond donors (Lipinski definition) is 4. The Hall–Kier alpha value is -7.30. The van der Waals surface area contributed by atoms with E-state index in [0.717, 1.165) is 92.6 Å². The number of pyridine rings is 2. The normalized spacial score (nSPS) is 17.1. The zero-order valence-corrected chi connectivity index (χ0v) is 35.9. The molecular weight excluding hydrogens is 849 g/mol. The van der Waals surface area contributed by atoms with Crippen molar-refractivity contribution in [1.82, 2.24) is 29.9 Å². The van der Waals surface area contributed by atoms with Gasteiger partial charge in [-0.1, -0.05) is 12.1 Å². The van der Waals surface area contributed by atoms with Crippen LogP contribution < -0.4 is 29.6 Å². The van der Waals surface area contributed by atoms with Crippen LogP contribution in [0.2, 0.25) is 0 Å².